The molecule has 0 atom stereocenters. The van der Waals surface area contributed by atoms with Crippen LogP contribution in [0.2, 0.25) is 0 Å². The van der Waals surface area contributed by atoms with Crippen molar-refractivity contribution in [1.82, 2.24) is 4.98 Å². The summed E-state index contributed by atoms with van der Waals surface area (Å²) >= 11 is 0. The molecule has 1 aromatic rings. The van der Waals surface area contributed by atoms with Gasteiger partial charge in [0.25, 0.3) is 0 Å². The van der Waals surface area contributed by atoms with E-state index in [9.17, 15) is 4.79 Å². The van der Waals surface area contributed by atoms with Gasteiger partial charge in [-0.2, -0.15) is 0 Å². The van der Waals surface area contributed by atoms with E-state index in [0.29, 0.717) is 12.5 Å². The van der Waals surface area contributed by atoms with E-state index in [1.807, 2.05) is 6.07 Å². The van der Waals surface area contributed by atoms with Crippen LogP contribution in [0.3, 0.4) is 0 Å². The van der Waals surface area contributed by atoms with Crippen LogP contribution in [0.25, 0.3) is 6.08 Å². The van der Waals surface area contributed by atoms with Crippen molar-refractivity contribution in [2.45, 2.75) is 6.92 Å². The first-order valence-electron chi connectivity index (χ1n) is 4.61. The highest BCUT2D eigenvalue weighted by atomic mass is 16.5. The Bertz CT molecular complexity index is 343. The fraction of sp³-hybridized carbons (Fsp3) is 0.273. The Balaban J connectivity index is 2.60. The molecule has 0 bridgehead atoms. The van der Waals surface area contributed by atoms with Crippen molar-refractivity contribution in [1.29, 1.82) is 0 Å². The van der Waals surface area contributed by atoms with Crippen LogP contribution in [0.5, 0.6) is 5.88 Å². The SMILES string of the molecule is CCOC(=O)/C=C/c1ccc(OC)nc1. The largest absolute Gasteiger partial charge is 0.481 e. The summed E-state index contributed by atoms with van der Waals surface area (Å²) in [6.07, 6.45) is 4.63. The number of methoxy groups -OCH3 is 1. The number of hydrogen-bond donors (Lipinski definition) is 0. The van der Waals surface area contributed by atoms with E-state index in [1.54, 1.807) is 32.4 Å². The Kier molecular flexibility index (Phi) is 4.34. The number of hydrogen-bond acceptors (Lipinski definition) is 4. The zero-order valence-corrected chi connectivity index (χ0v) is 8.77. The molecule has 0 aliphatic heterocycles. The molecule has 1 heterocycles. The molecule has 15 heavy (non-hydrogen) atoms. The first-order valence-corrected chi connectivity index (χ1v) is 4.61. The Hall–Kier alpha value is -1.84. The van der Waals surface area contributed by atoms with E-state index in [0.717, 1.165) is 5.56 Å². The van der Waals surface area contributed by atoms with Gasteiger partial charge in [0.2, 0.25) is 5.88 Å². The maximum Gasteiger partial charge on any atom is 0.330 e. The lowest BCUT2D eigenvalue weighted by Crippen LogP contribution is -1.98. The second kappa shape index (κ2) is 5.80. The minimum Gasteiger partial charge on any atom is -0.481 e. The predicted octanol–water partition coefficient (Wildman–Crippen LogP) is 1.67. The number of carbonyl (C=O) groups is 1. The van der Waals surface area contributed by atoms with Gasteiger partial charge in [-0.05, 0) is 24.6 Å². The van der Waals surface area contributed by atoms with Crippen LogP contribution in [-0.2, 0) is 9.53 Å². The quantitative estimate of drug-likeness (QED) is 0.556. The Morgan fingerprint density at radius 1 is 1.53 bits per heavy atom. The molecule has 80 valence electrons. The minimum atomic E-state index is -0.353. The molecule has 0 saturated heterocycles. The molecule has 4 heteroatoms. The molecule has 1 aromatic heterocycles. The minimum absolute atomic E-state index is 0.353. The average Bonchev–Trinajstić information content (AvgIpc) is 2.27. The van der Waals surface area contributed by atoms with E-state index in [1.165, 1.54) is 6.08 Å². The van der Waals surface area contributed by atoms with Crippen LogP contribution < -0.4 is 4.74 Å². The fourth-order valence-corrected chi connectivity index (χ4v) is 0.966. The number of aromatic nitrogens is 1. The third kappa shape index (κ3) is 3.81. The van der Waals surface area contributed by atoms with E-state index >= 15 is 0 Å². The molecule has 0 aromatic carbocycles. The summed E-state index contributed by atoms with van der Waals surface area (Å²) < 4.78 is 9.64. The van der Waals surface area contributed by atoms with Crippen molar-refractivity contribution in [3.05, 3.63) is 30.0 Å². The molecule has 1 rings (SSSR count). The number of esters is 1. The highest BCUT2D eigenvalue weighted by molar-refractivity contribution is 5.86. The maximum atomic E-state index is 11.0. The van der Waals surface area contributed by atoms with Crippen LogP contribution in [0, 0.1) is 0 Å². The third-order valence-electron chi connectivity index (χ3n) is 1.67. The fourth-order valence-electron chi connectivity index (χ4n) is 0.966. The molecule has 0 amide bonds. The molecular formula is C11H13NO3. The number of rotatable bonds is 4. The van der Waals surface area contributed by atoms with Gasteiger partial charge < -0.3 is 9.47 Å². The second-order valence-corrected chi connectivity index (χ2v) is 2.72. The van der Waals surface area contributed by atoms with Gasteiger partial charge >= 0.3 is 5.97 Å². The summed E-state index contributed by atoms with van der Waals surface area (Å²) in [5, 5.41) is 0. The molecule has 0 aliphatic rings. The first kappa shape index (κ1) is 11.2. The monoisotopic (exact) mass is 207 g/mol. The lowest BCUT2D eigenvalue weighted by Gasteiger charge is -1.98. The summed E-state index contributed by atoms with van der Waals surface area (Å²) in [6, 6.07) is 3.53. The van der Waals surface area contributed by atoms with E-state index in [2.05, 4.69) is 4.98 Å². The number of ether oxygens (including phenoxy) is 2. The van der Waals surface area contributed by atoms with Crippen LogP contribution in [0.15, 0.2) is 24.4 Å². The molecule has 0 aliphatic carbocycles. The van der Waals surface area contributed by atoms with Gasteiger partial charge in [-0.15, -0.1) is 0 Å². The highest BCUT2D eigenvalue weighted by Crippen LogP contribution is 2.07. The van der Waals surface area contributed by atoms with Crippen LogP contribution in [-0.4, -0.2) is 24.7 Å². The van der Waals surface area contributed by atoms with Crippen molar-refractivity contribution in [3.63, 3.8) is 0 Å². The molecule has 0 spiro atoms. The zero-order valence-electron chi connectivity index (χ0n) is 8.77. The molecule has 0 saturated carbocycles. The lowest BCUT2D eigenvalue weighted by molar-refractivity contribution is -0.137. The summed E-state index contributed by atoms with van der Waals surface area (Å²) in [4.78, 5) is 15.0. The smallest absolute Gasteiger partial charge is 0.330 e. The van der Waals surface area contributed by atoms with Crippen LogP contribution in [0.1, 0.15) is 12.5 Å². The molecular weight excluding hydrogens is 194 g/mol. The van der Waals surface area contributed by atoms with Crippen molar-refractivity contribution in [2.24, 2.45) is 0 Å². The molecule has 0 fully saturated rings. The summed E-state index contributed by atoms with van der Waals surface area (Å²) in [5.41, 5.74) is 0.823. The van der Waals surface area contributed by atoms with Gasteiger partial charge in [-0.25, -0.2) is 9.78 Å². The molecule has 0 N–H and O–H groups in total. The highest BCUT2D eigenvalue weighted by Gasteiger charge is 1.95. The van der Waals surface area contributed by atoms with Crippen molar-refractivity contribution >= 4 is 12.0 Å². The van der Waals surface area contributed by atoms with Gasteiger partial charge in [-0.1, -0.05) is 0 Å². The van der Waals surface area contributed by atoms with Gasteiger partial charge in [0.1, 0.15) is 0 Å². The zero-order chi connectivity index (χ0) is 11.1. The Morgan fingerprint density at radius 2 is 2.33 bits per heavy atom. The van der Waals surface area contributed by atoms with Gasteiger partial charge in [0.15, 0.2) is 0 Å². The predicted molar refractivity (Wildman–Crippen MR) is 56.5 cm³/mol. The molecule has 4 nitrogen and oxygen atoms in total. The Labute approximate surface area is 88.5 Å². The standard InChI is InChI=1S/C11H13NO3/c1-3-15-11(13)7-5-9-4-6-10(14-2)12-8-9/h4-8H,3H2,1-2H3/b7-5+. The topological polar surface area (TPSA) is 48.4 Å². The molecule has 0 radical (unpaired) electrons. The Morgan fingerprint density at radius 3 is 2.87 bits per heavy atom. The number of carbonyl (C=O) groups excluding carboxylic acids is 1. The second-order valence-electron chi connectivity index (χ2n) is 2.72. The van der Waals surface area contributed by atoms with Crippen molar-refractivity contribution in [2.75, 3.05) is 13.7 Å². The van der Waals surface area contributed by atoms with E-state index < -0.39 is 0 Å². The summed E-state index contributed by atoms with van der Waals surface area (Å²) in [7, 11) is 1.55. The van der Waals surface area contributed by atoms with Crippen molar-refractivity contribution < 1.29 is 14.3 Å². The normalized spacial score (nSPS) is 10.3. The van der Waals surface area contributed by atoms with Crippen LogP contribution >= 0.6 is 0 Å². The maximum absolute atomic E-state index is 11.0. The van der Waals surface area contributed by atoms with Gasteiger partial charge in [0.05, 0.1) is 13.7 Å². The van der Waals surface area contributed by atoms with E-state index in [4.69, 9.17) is 9.47 Å². The summed E-state index contributed by atoms with van der Waals surface area (Å²) in [5.74, 6) is 0.191. The first-order chi connectivity index (χ1) is 7.26. The van der Waals surface area contributed by atoms with Gasteiger partial charge in [-0.3, -0.25) is 0 Å². The average molecular weight is 207 g/mol. The van der Waals surface area contributed by atoms with Gasteiger partial charge in [0, 0.05) is 18.3 Å². The number of nitrogens with zero attached hydrogens (tertiary/aromatic N) is 1. The lowest BCUT2D eigenvalue weighted by atomic mass is 10.2. The number of pyridine rings is 1. The molecule has 0 unspecified atom stereocenters. The van der Waals surface area contributed by atoms with Crippen molar-refractivity contribution in [3.8, 4) is 5.88 Å². The third-order valence-corrected chi connectivity index (χ3v) is 1.67. The van der Waals surface area contributed by atoms with E-state index in [-0.39, 0.29) is 5.97 Å². The summed E-state index contributed by atoms with van der Waals surface area (Å²) in [6.45, 7) is 2.14. The van der Waals surface area contributed by atoms with Crippen LogP contribution in [0.4, 0.5) is 0 Å².